The van der Waals surface area contributed by atoms with Gasteiger partial charge in [0.15, 0.2) is 0 Å². The third-order valence-electron chi connectivity index (χ3n) is 4.81. The SMILES string of the molecule is CC(C)c1ccc(C2(CNC3CC3)CCC2)cc1. The van der Waals surface area contributed by atoms with E-state index >= 15 is 0 Å². The standard InChI is InChI=1S/C17H25N/c1-13(2)14-4-6-15(7-5-14)17(10-3-11-17)12-18-16-8-9-16/h4-7,13,16,18H,3,8-12H2,1-2H3. The van der Waals surface area contributed by atoms with Gasteiger partial charge in [0.25, 0.3) is 0 Å². The van der Waals surface area contributed by atoms with Crippen LogP contribution in [0.15, 0.2) is 24.3 Å². The summed E-state index contributed by atoms with van der Waals surface area (Å²) in [6.07, 6.45) is 6.92. The van der Waals surface area contributed by atoms with Crippen molar-refractivity contribution in [2.24, 2.45) is 0 Å². The first-order valence-corrected chi connectivity index (χ1v) is 7.53. The van der Waals surface area contributed by atoms with E-state index in [4.69, 9.17) is 0 Å². The van der Waals surface area contributed by atoms with E-state index < -0.39 is 0 Å². The number of rotatable bonds is 5. The third kappa shape index (κ3) is 2.33. The first-order valence-electron chi connectivity index (χ1n) is 7.53. The third-order valence-corrected chi connectivity index (χ3v) is 4.81. The molecule has 18 heavy (non-hydrogen) atoms. The second kappa shape index (κ2) is 4.70. The molecule has 98 valence electrons. The fourth-order valence-corrected chi connectivity index (χ4v) is 3.02. The molecule has 0 heterocycles. The van der Waals surface area contributed by atoms with Crippen LogP contribution in [0.3, 0.4) is 0 Å². The highest BCUT2D eigenvalue weighted by Crippen LogP contribution is 2.44. The minimum atomic E-state index is 0.456. The Hall–Kier alpha value is -0.820. The van der Waals surface area contributed by atoms with Crippen LogP contribution >= 0.6 is 0 Å². The van der Waals surface area contributed by atoms with E-state index in [1.807, 2.05) is 0 Å². The Bertz CT molecular complexity index is 396. The molecule has 2 aliphatic carbocycles. The molecule has 0 radical (unpaired) electrons. The molecule has 0 amide bonds. The Kier molecular flexibility index (Phi) is 3.19. The van der Waals surface area contributed by atoms with Gasteiger partial charge in [-0.3, -0.25) is 0 Å². The topological polar surface area (TPSA) is 12.0 Å². The lowest BCUT2D eigenvalue weighted by atomic mass is 9.64. The van der Waals surface area contributed by atoms with Crippen molar-refractivity contribution >= 4 is 0 Å². The van der Waals surface area contributed by atoms with Crippen molar-refractivity contribution in [3.05, 3.63) is 35.4 Å². The number of nitrogens with one attached hydrogen (secondary N) is 1. The molecule has 0 spiro atoms. The number of hydrogen-bond donors (Lipinski definition) is 1. The second-order valence-corrected chi connectivity index (χ2v) is 6.57. The van der Waals surface area contributed by atoms with E-state index in [0.717, 1.165) is 6.04 Å². The van der Waals surface area contributed by atoms with Crippen molar-refractivity contribution in [2.75, 3.05) is 6.54 Å². The summed E-state index contributed by atoms with van der Waals surface area (Å²) in [6.45, 7) is 5.73. The van der Waals surface area contributed by atoms with Crippen LogP contribution in [0.5, 0.6) is 0 Å². The molecule has 2 aliphatic rings. The van der Waals surface area contributed by atoms with Crippen LogP contribution in [0.2, 0.25) is 0 Å². The molecule has 1 aromatic rings. The lowest BCUT2D eigenvalue weighted by Crippen LogP contribution is -2.44. The van der Waals surface area contributed by atoms with Gasteiger partial charge in [-0.15, -0.1) is 0 Å². The lowest BCUT2D eigenvalue weighted by Gasteiger charge is -2.43. The maximum absolute atomic E-state index is 3.74. The van der Waals surface area contributed by atoms with E-state index in [-0.39, 0.29) is 0 Å². The number of hydrogen-bond acceptors (Lipinski definition) is 1. The fraction of sp³-hybridized carbons (Fsp3) is 0.647. The molecule has 1 heteroatoms. The van der Waals surface area contributed by atoms with Crippen molar-refractivity contribution in [3.63, 3.8) is 0 Å². The van der Waals surface area contributed by atoms with Gasteiger partial charge in [-0.2, -0.15) is 0 Å². The molecule has 1 N–H and O–H groups in total. The minimum Gasteiger partial charge on any atom is -0.313 e. The first-order chi connectivity index (χ1) is 8.70. The van der Waals surface area contributed by atoms with Gasteiger partial charge in [0.2, 0.25) is 0 Å². The predicted octanol–water partition coefficient (Wildman–Crippen LogP) is 3.98. The largest absolute Gasteiger partial charge is 0.313 e. The van der Waals surface area contributed by atoms with Crippen LogP contribution in [0.1, 0.15) is 63.0 Å². The van der Waals surface area contributed by atoms with Gasteiger partial charge in [0.05, 0.1) is 0 Å². The number of benzene rings is 1. The van der Waals surface area contributed by atoms with Crippen molar-refractivity contribution in [2.45, 2.75) is 63.3 Å². The quantitative estimate of drug-likeness (QED) is 0.824. The Morgan fingerprint density at radius 1 is 1.17 bits per heavy atom. The Morgan fingerprint density at radius 2 is 1.83 bits per heavy atom. The van der Waals surface area contributed by atoms with Crippen LogP contribution in [-0.2, 0) is 5.41 Å². The van der Waals surface area contributed by atoms with Gasteiger partial charge < -0.3 is 5.32 Å². The Morgan fingerprint density at radius 3 is 2.28 bits per heavy atom. The van der Waals surface area contributed by atoms with E-state index in [1.54, 1.807) is 5.56 Å². The summed E-state index contributed by atoms with van der Waals surface area (Å²) in [6, 6.07) is 10.2. The van der Waals surface area contributed by atoms with Gasteiger partial charge in [0.1, 0.15) is 0 Å². The van der Waals surface area contributed by atoms with Crippen molar-refractivity contribution < 1.29 is 0 Å². The lowest BCUT2D eigenvalue weighted by molar-refractivity contribution is 0.233. The molecule has 1 nitrogen and oxygen atoms in total. The molecule has 0 aromatic heterocycles. The van der Waals surface area contributed by atoms with E-state index in [1.165, 1.54) is 44.2 Å². The molecule has 2 saturated carbocycles. The molecular weight excluding hydrogens is 218 g/mol. The van der Waals surface area contributed by atoms with Crippen LogP contribution in [0, 0.1) is 0 Å². The molecule has 0 atom stereocenters. The van der Waals surface area contributed by atoms with Crippen molar-refractivity contribution in [1.29, 1.82) is 0 Å². The smallest absolute Gasteiger partial charge is 0.00779 e. The van der Waals surface area contributed by atoms with Crippen molar-refractivity contribution in [1.82, 2.24) is 5.32 Å². The molecule has 1 aromatic carbocycles. The summed E-state index contributed by atoms with van der Waals surface area (Å²) in [4.78, 5) is 0. The van der Waals surface area contributed by atoms with Crippen LogP contribution in [0.4, 0.5) is 0 Å². The van der Waals surface area contributed by atoms with Gasteiger partial charge in [0, 0.05) is 18.0 Å². The van der Waals surface area contributed by atoms with E-state index in [9.17, 15) is 0 Å². The zero-order valence-corrected chi connectivity index (χ0v) is 11.7. The summed E-state index contributed by atoms with van der Waals surface area (Å²) in [5.74, 6) is 0.640. The van der Waals surface area contributed by atoms with Gasteiger partial charge in [-0.05, 0) is 42.7 Å². The highest BCUT2D eigenvalue weighted by molar-refractivity contribution is 5.33. The highest BCUT2D eigenvalue weighted by Gasteiger charge is 2.39. The molecule has 0 bridgehead atoms. The van der Waals surface area contributed by atoms with Crippen molar-refractivity contribution in [3.8, 4) is 0 Å². The Balaban J connectivity index is 1.73. The average molecular weight is 243 g/mol. The van der Waals surface area contributed by atoms with Crippen LogP contribution < -0.4 is 5.32 Å². The highest BCUT2D eigenvalue weighted by atomic mass is 15.0. The molecule has 0 saturated heterocycles. The maximum Gasteiger partial charge on any atom is 0.00779 e. The van der Waals surface area contributed by atoms with Crippen LogP contribution in [0.25, 0.3) is 0 Å². The van der Waals surface area contributed by atoms with Gasteiger partial charge in [-0.1, -0.05) is 44.5 Å². The molecular formula is C17H25N. The normalized spacial score (nSPS) is 21.9. The summed E-state index contributed by atoms with van der Waals surface area (Å²) >= 11 is 0. The fourth-order valence-electron chi connectivity index (χ4n) is 3.02. The van der Waals surface area contributed by atoms with E-state index in [2.05, 4.69) is 43.4 Å². The molecule has 3 rings (SSSR count). The van der Waals surface area contributed by atoms with Gasteiger partial charge >= 0.3 is 0 Å². The minimum absolute atomic E-state index is 0.456. The summed E-state index contributed by atoms with van der Waals surface area (Å²) in [5.41, 5.74) is 3.48. The maximum atomic E-state index is 3.74. The summed E-state index contributed by atoms with van der Waals surface area (Å²) in [7, 11) is 0. The van der Waals surface area contributed by atoms with Gasteiger partial charge in [-0.25, -0.2) is 0 Å². The Labute approximate surface area is 111 Å². The summed E-state index contributed by atoms with van der Waals surface area (Å²) < 4.78 is 0. The summed E-state index contributed by atoms with van der Waals surface area (Å²) in [5, 5.41) is 3.74. The van der Waals surface area contributed by atoms with Crippen LogP contribution in [-0.4, -0.2) is 12.6 Å². The molecule has 2 fully saturated rings. The predicted molar refractivity (Wildman–Crippen MR) is 77.1 cm³/mol. The zero-order chi connectivity index (χ0) is 12.6. The first kappa shape index (κ1) is 12.2. The monoisotopic (exact) mass is 243 g/mol. The van der Waals surface area contributed by atoms with E-state index in [0.29, 0.717) is 11.3 Å². The molecule has 0 unspecified atom stereocenters. The zero-order valence-electron chi connectivity index (χ0n) is 11.7. The second-order valence-electron chi connectivity index (χ2n) is 6.57. The average Bonchev–Trinajstić information content (AvgIpc) is 3.12. The molecule has 0 aliphatic heterocycles.